The maximum absolute atomic E-state index is 12.2. The van der Waals surface area contributed by atoms with E-state index in [0.29, 0.717) is 13.1 Å². The summed E-state index contributed by atoms with van der Waals surface area (Å²) in [6.45, 7) is 0.965. The van der Waals surface area contributed by atoms with Crippen LogP contribution in [0.2, 0.25) is 0 Å². The third kappa shape index (κ3) is 2.79. The molecule has 1 fully saturated rings. The van der Waals surface area contributed by atoms with Crippen LogP contribution in [-0.4, -0.2) is 40.2 Å². The van der Waals surface area contributed by atoms with Crippen LogP contribution in [0.1, 0.15) is 23.2 Å². The van der Waals surface area contributed by atoms with Crippen LogP contribution in [0.4, 0.5) is 0 Å². The fraction of sp³-hybridized carbons (Fsp3) is 0.417. The van der Waals surface area contributed by atoms with Gasteiger partial charge in [-0.05, 0) is 31.0 Å². The van der Waals surface area contributed by atoms with Crippen molar-refractivity contribution in [3.63, 3.8) is 0 Å². The quantitative estimate of drug-likeness (QED) is 0.830. The summed E-state index contributed by atoms with van der Waals surface area (Å²) in [4.78, 5) is 13.7. The number of carbonyl (C=O) groups is 1. The minimum atomic E-state index is -0.456. The van der Waals surface area contributed by atoms with E-state index in [1.54, 1.807) is 17.0 Å². The zero-order chi connectivity index (χ0) is 12.4. The molecule has 1 saturated heterocycles. The molecule has 5 heteroatoms. The molecule has 92 valence electrons. The van der Waals surface area contributed by atoms with Gasteiger partial charge in [0.05, 0.1) is 11.7 Å². The van der Waals surface area contributed by atoms with Crippen LogP contribution < -0.4 is 0 Å². The van der Waals surface area contributed by atoms with Crippen molar-refractivity contribution >= 4 is 21.8 Å². The lowest BCUT2D eigenvalue weighted by molar-refractivity contribution is 0.0471. The lowest BCUT2D eigenvalue weighted by Gasteiger charge is -2.30. The first-order valence-electron chi connectivity index (χ1n) is 5.54. The summed E-state index contributed by atoms with van der Waals surface area (Å²) in [5, 5.41) is 19.2. The number of β-amino-alcohol motifs (C(OH)–C–C–N with tert-alkyl or cyclic N) is 1. The van der Waals surface area contributed by atoms with E-state index in [4.69, 9.17) is 0 Å². The van der Waals surface area contributed by atoms with Crippen molar-refractivity contribution in [3.8, 4) is 5.75 Å². The standard InChI is InChI=1S/C12H14BrNO3/c13-8-3-4-11(16)10(6-8)12(17)14-5-1-2-9(15)7-14/h3-4,6,9,15-16H,1-2,5,7H2. The third-order valence-electron chi connectivity index (χ3n) is 2.87. The van der Waals surface area contributed by atoms with E-state index in [9.17, 15) is 15.0 Å². The molecular weight excluding hydrogens is 286 g/mol. The lowest BCUT2D eigenvalue weighted by Crippen LogP contribution is -2.42. The van der Waals surface area contributed by atoms with Gasteiger partial charge in [-0.15, -0.1) is 0 Å². The zero-order valence-corrected chi connectivity index (χ0v) is 10.9. The van der Waals surface area contributed by atoms with Gasteiger partial charge in [0.15, 0.2) is 0 Å². The number of phenolic OH excluding ortho intramolecular Hbond substituents is 1. The van der Waals surface area contributed by atoms with Crippen molar-refractivity contribution < 1.29 is 15.0 Å². The van der Waals surface area contributed by atoms with Gasteiger partial charge in [0, 0.05) is 17.6 Å². The number of nitrogens with zero attached hydrogens (tertiary/aromatic N) is 1. The molecule has 0 aromatic heterocycles. The van der Waals surface area contributed by atoms with Crippen molar-refractivity contribution in [2.24, 2.45) is 0 Å². The Morgan fingerprint density at radius 2 is 2.24 bits per heavy atom. The van der Waals surface area contributed by atoms with E-state index in [1.165, 1.54) is 6.07 Å². The largest absolute Gasteiger partial charge is 0.507 e. The smallest absolute Gasteiger partial charge is 0.257 e. The summed E-state index contributed by atoms with van der Waals surface area (Å²) < 4.78 is 0.746. The number of carbonyl (C=O) groups excluding carboxylic acids is 1. The second kappa shape index (κ2) is 5.06. The maximum Gasteiger partial charge on any atom is 0.257 e. The highest BCUT2D eigenvalue weighted by Gasteiger charge is 2.24. The molecule has 1 heterocycles. The fourth-order valence-electron chi connectivity index (χ4n) is 1.99. The first kappa shape index (κ1) is 12.4. The highest BCUT2D eigenvalue weighted by Crippen LogP contribution is 2.24. The lowest BCUT2D eigenvalue weighted by atomic mass is 10.1. The molecule has 1 aromatic rings. The number of likely N-dealkylation sites (tertiary alicyclic amines) is 1. The third-order valence-corrected chi connectivity index (χ3v) is 3.37. The number of aliphatic hydroxyl groups excluding tert-OH is 1. The number of piperidine rings is 1. The number of aromatic hydroxyl groups is 1. The van der Waals surface area contributed by atoms with E-state index < -0.39 is 6.10 Å². The molecule has 0 aliphatic carbocycles. The predicted molar refractivity (Wildman–Crippen MR) is 67.0 cm³/mol. The molecule has 4 nitrogen and oxygen atoms in total. The molecule has 1 aromatic carbocycles. The predicted octanol–water partition coefficient (Wildman–Crippen LogP) is 1.75. The number of hydrogen-bond donors (Lipinski definition) is 2. The Hall–Kier alpha value is -1.07. The molecule has 2 N–H and O–H groups in total. The number of amides is 1. The minimum Gasteiger partial charge on any atom is -0.507 e. The monoisotopic (exact) mass is 299 g/mol. The summed E-state index contributed by atoms with van der Waals surface area (Å²) in [5.74, 6) is -0.263. The first-order valence-corrected chi connectivity index (χ1v) is 6.33. The SMILES string of the molecule is O=C(c1cc(Br)ccc1O)N1CCCC(O)C1. The van der Waals surface area contributed by atoms with Crippen LogP contribution in [-0.2, 0) is 0 Å². The number of phenols is 1. The van der Waals surface area contributed by atoms with Crippen LogP contribution in [0.15, 0.2) is 22.7 Å². The fourth-order valence-corrected chi connectivity index (χ4v) is 2.35. The topological polar surface area (TPSA) is 60.8 Å². The van der Waals surface area contributed by atoms with Gasteiger partial charge in [-0.2, -0.15) is 0 Å². The van der Waals surface area contributed by atoms with Crippen molar-refractivity contribution in [3.05, 3.63) is 28.2 Å². The number of aliphatic hydroxyl groups is 1. The van der Waals surface area contributed by atoms with Gasteiger partial charge in [-0.1, -0.05) is 15.9 Å². The van der Waals surface area contributed by atoms with Crippen molar-refractivity contribution in [1.82, 2.24) is 4.90 Å². The Kier molecular flexibility index (Phi) is 3.69. The average molecular weight is 300 g/mol. The molecule has 0 radical (unpaired) electrons. The van der Waals surface area contributed by atoms with Crippen LogP contribution in [0.25, 0.3) is 0 Å². The second-order valence-corrected chi connectivity index (χ2v) is 5.12. The van der Waals surface area contributed by atoms with Crippen molar-refractivity contribution in [1.29, 1.82) is 0 Å². The molecule has 1 atom stereocenters. The Bertz CT molecular complexity index is 436. The maximum atomic E-state index is 12.2. The molecule has 2 rings (SSSR count). The van der Waals surface area contributed by atoms with Gasteiger partial charge in [-0.3, -0.25) is 4.79 Å². The molecule has 0 saturated carbocycles. The van der Waals surface area contributed by atoms with Crippen LogP contribution >= 0.6 is 15.9 Å². The van der Waals surface area contributed by atoms with Gasteiger partial charge in [0.1, 0.15) is 5.75 Å². The molecular formula is C12H14BrNO3. The van der Waals surface area contributed by atoms with Crippen molar-refractivity contribution in [2.75, 3.05) is 13.1 Å². The van der Waals surface area contributed by atoms with Gasteiger partial charge >= 0.3 is 0 Å². The highest BCUT2D eigenvalue weighted by molar-refractivity contribution is 9.10. The number of rotatable bonds is 1. The number of halogens is 1. The number of hydrogen-bond acceptors (Lipinski definition) is 3. The van der Waals surface area contributed by atoms with Gasteiger partial charge in [-0.25, -0.2) is 0 Å². The Balaban J connectivity index is 2.21. The van der Waals surface area contributed by atoms with Gasteiger partial charge < -0.3 is 15.1 Å². The molecule has 1 unspecified atom stereocenters. The molecule has 0 bridgehead atoms. The molecule has 1 aliphatic heterocycles. The minimum absolute atomic E-state index is 0.0294. The van der Waals surface area contributed by atoms with E-state index in [-0.39, 0.29) is 17.2 Å². The Labute approximate surface area is 108 Å². The Morgan fingerprint density at radius 1 is 1.47 bits per heavy atom. The summed E-state index contributed by atoms with van der Waals surface area (Å²) in [7, 11) is 0. The normalized spacial score (nSPS) is 20.4. The van der Waals surface area contributed by atoms with Crippen LogP contribution in [0, 0.1) is 0 Å². The average Bonchev–Trinajstić information content (AvgIpc) is 2.31. The summed E-state index contributed by atoms with van der Waals surface area (Å²) in [6.07, 6.45) is 1.07. The van der Waals surface area contributed by atoms with Crippen molar-refractivity contribution in [2.45, 2.75) is 18.9 Å². The molecule has 0 spiro atoms. The van der Waals surface area contributed by atoms with E-state index in [1.807, 2.05) is 0 Å². The second-order valence-electron chi connectivity index (χ2n) is 4.21. The highest BCUT2D eigenvalue weighted by atomic mass is 79.9. The Morgan fingerprint density at radius 3 is 2.94 bits per heavy atom. The summed E-state index contributed by atoms with van der Waals surface area (Å²) >= 11 is 3.27. The van der Waals surface area contributed by atoms with E-state index >= 15 is 0 Å². The van der Waals surface area contributed by atoms with Gasteiger partial charge in [0.25, 0.3) is 5.91 Å². The van der Waals surface area contributed by atoms with Crippen LogP contribution in [0.5, 0.6) is 5.75 Å². The summed E-state index contributed by atoms with van der Waals surface area (Å²) in [5.41, 5.74) is 0.272. The molecule has 1 aliphatic rings. The first-order chi connectivity index (χ1) is 8.08. The molecule has 17 heavy (non-hydrogen) atoms. The molecule has 1 amide bonds. The number of benzene rings is 1. The van der Waals surface area contributed by atoms with E-state index in [2.05, 4.69) is 15.9 Å². The van der Waals surface area contributed by atoms with Gasteiger partial charge in [0.2, 0.25) is 0 Å². The van der Waals surface area contributed by atoms with Crippen LogP contribution in [0.3, 0.4) is 0 Å². The summed E-state index contributed by atoms with van der Waals surface area (Å²) in [6, 6.07) is 4.76. The van der Waals surface area contributed by atoms with E-state index in [0.717, 1.165) is 17.3 Å². The zero-order valence-electron chi connectivity index (χ0n) is 9.27.